The van der Waals surface area contributed by atoms with Gasteiger partial charge in [-0.2, -0.15) is 0 Å². The van der Waals surface area contributed by atoms with Crippen LogP contribution < -0.4 is 5.32 Å². The molecular formula is C19H15ClN2O5. The first kappa shape index (κ1) is 18.6. The van der Waals surface area contributed by atoms with E-state index in [1.165, 1.54) is 19.1 Å². The SMILES string of the molecule is C[C@H](C(=O)OCC(=O)Nc1ccccc1Cl)N1C(=O)c2ccccc2C1=O. The third-order valence-electron chi connectivity index (χ3n) is 4.05. The van der Waals surface area contributed by atoms with Gasteiger partial charge in [0.1, 0.15) is 6.04 Å². The summed E-state index contributed by atoms with van der Waals surface area (Å²) < 4.78 is 4.95. The normalized spacial score (nSPS) is 13.9. The molecule has 0 aromatic heterocycles. The number of esters is 1. The Morgan fingerprint density at radius 1 is 1.04 bits per heavy atom. The van der Waals surface area contributed by atoms with Gasteiger partial charge in [-0.25, -0.2) is 4.79 Å². The molecule has 138 valence electrons. The molecule has 7 nitrogen and oxygen atoms in total. The minimum absolute atomic E-state index is 0.235. The molecule has 8 heteroatoms. The molecule has 0 aliphatic carbocycles. The molecule has 3 rings (SSSR count). The number of carbonyl (C=O) groups is 4. The highest BCUT2D eigenvalue weighted by atomic mass is 35.5. The molecule has 0 radical (unpaired) electrons. The lowest BCUT2D eigenvalue weighted by atomic mass is 10.1. The van der Waals surface area contributed by atoms with Crippen molar-refractivity contribution in [1.82, 2.24) is 4.90 Å². The molecule has 1 aliphatic heterocycles. The average Bonchev–Trinajstić information content (AvgIpc) is 2.92. The Hall–Kier alpha value is -3.19. The van der Waals surface area contributed by atoms with Crippen molar-refractivity contribution in [3.8, 4) is 0 Å². The highest BCUT2D eigenvalue weighted by Gasteiger charge is 2.41. The number of para-hydroxylation sites is 1. The number of nitrogens with zero attached hydrogens (tertiary/aromatic N) is 1. The van der Waals surface area contributed by atoms with Gasteiger partial charge in [0.2, 0.25) is 0 Å². The Bertz CT molecular complexity index is 908. The number of fused-ring (bicyclic) bond motifs is 1. The summed E-state index contributed by atoms with van der Waals surface area (Å²) in [6.45, 7) is 0.799. The van der Waals surface area contributed by atoms with Crippen molar-refractivity contribution in [2.75, 3.05) is 11.9 Å². The second kappa shape index (κ2) is 7.59. The predicted octanol–water partition coefficient (Wildman–Crippen LogP) is 2.51. The second-order valence-electron chi connectivity index (χ2n) is 5.84. The van der Waals surface area contributed by atoms with Gasteiger partial charge in [0.15, 0.2) is 6.61 Å². The van der Waals surface area contributed by atoms with Crippen LogP contribution in [0.2, 0.25) is 5.02 Å². The molecule has 1 heterocycles. The Kier molecular flexibility index (Phi) is 5.23. The van der Waals surface area contributed by atoms with Crippen LogP contribution in [-0.4, -0.2) is 41.2 Å². The molecule has 1 atom stereocenters. The van der Waals surface area contributed by atoms with Crippen LogP contribution in [0.25, 0.3) is 0 Å². The van der Waals surface area contributed by atoms with Crippen molar-refractivity contribution in [1.29, 1.82) is 0 Å². The summed E-state index contributed by atoms with van der Waals surface area (Å²) in [6, 6.07) is 11.8. The number of anilines is 1. The smallest absolute Gasteiger partial charge is 0.329 e. The monoisotopic (exact) mass is 386 g/mol. The van der Waals surface area contributed by atoms with E-state index >= 15 is 0 Å². The number of benzene rings is 2. The minimum Gasteiger partial charge on any atom is -0.454 e. The van der Waals surface area contributed by atoms with Crippen LogP contribution in [0.3, 0.4) is 0 Å². The Morgan fingerprint density at radius 3 is 2.19 bits per heavy atom. The van der Waals surface area contributed by atoms with E-state index < -0.39 is 36.3 Å². The second-order valence-corrected chi connectivity index (χ2v) is 6.24. The average molecular weight is 387 g/mol. The maximum atomic E-state index is 12.4. The summed E-state index contributed by atoms with van der Waals surface area (Å²) in [5.74, 6) is -2.59. The zero-order chi connectivity index (χ0) is 19.6. The van der Waals surface area contributed by atoms with Crippen molar-refractivity contribution < 1.29 is 23.9 Å². The number of nitrogens with one attached hydrogen (secondary N) is 1. The van der Waals surface area contributed by atoms with Crippen LogP contribution in [0.4, 0.5) is 5.69 Å². The predicted molar refractivity (Wildman–Crippen MR) is 97.4 cm³/mol. The summed E-state index contributed by atoms with van der Waals surface area (Å²) in [4.78, 5) is 49.7. The molecule has 2 aromatic carbocycles. The van der Waals surface area contributed by atoms with Crippen LogP contribution in [0.1, 0.15) is 27.6 Å². The molecule has 0 bridgehead atoms. The fourth-order valence-electron chi connectivity index (χ4n) is 2.67. The van der Waals surface area contributed by atoms with E-state index in [9.17, 15) is 19.2 Å². The van der Waals surface area contributed by atoms with Gasteiger partial charge in [-0.15, -0.1) is 0 Å². The number of hydrogen-bond acceptors (Lipinski definition) is 5. The van der Waals surface area contributed by atoms with Crippen LogP contribution in [0, 0.1) is 0 Å². The highest BCUT2D eigenvalue weighted by molar-refractivity contribution is 6.33. The van der Waals surface area contributed by atoms with E-state index in [1.54, 1.807) is 36.4 Å². The van der Waals surface area contributed by atoms with Gasteiger partial charge in [0.05, 0.1) is 21.8 Å². The summed E-state index contributed by atoms with van der Waals surface area (Å²) >= 11 is 5.94. The third kappa shape index (κ3) is 3.68. The molecule has 0 fully saturated rings. The third-order valence-corrected chi connectivity index (χ3v) is 4.38. The lowest BCUT2D eigenvalue weighted by molar-refractivity contribution is -0.150. The number of ether oxygens (including phenoxy) is 1. The van der Waals surface area contributed by atoms with E-state index in [0.29, 0.717) is 10.7 Å². The Balaban J connectivity index is 1.60. The maximum Gasteiger partial charge on any atom is 0.329 e. The maximum absolute atomic E-state index is 12.4. The first-order valence-corrected chi connectivity index (χ1v) is 8.46. The molecular weight excluding hydrogens is 372 g/mol. The van der Waals surface area contributed by atoms with Crippen molar-refractivity contribution in [2.45, 2.75) is 13.0 Å². The standard InChI is InChI=1S/C19H15ClN2O5/c1-11(22-17(24)12-6-2-3-7-13(12)18(22)25)19(26)27-10-16(23)21-15-9-5-4-8-14(15)20/h2-9,11H,10H2,1H3,(H,21,23)/t11-/m1/s1. The lowest BCUT2D eigenvalue weighted by Gasteiger charge is -2.20. The van der Waals surface area contributed by atoms with Crippen LogP contribution in [-0.2, 0) is 14.3 Å². The van der Waals surface area contributed by atoms with Gasteiger partial charge in [0, 0.05) is 0 Å². The minimum atomic E-state index is -1.16. The highest BCUT2D eigenvalue weighted by Crippen LogP contribution is 2.25. The summed E-state index contributed by atoms with van der Waals surface area (Å²) in [6.07, 6.45) is 0. The van der Waals surface area contributed by atoms with Gasteiger partial charge < -0.3 is 10.1 Å². The summed E-state index contributed by atoms with van der Waals surface area (Å²) in [7, 11) is 0. The van der Waals surface area contributed by atoms with Gasteiger partial charge >= 0.3 is 5.97 Å². The number of amides is 3. The molecule has 1 aliphatic rings. The largest absolute Gasteiger partial charge is 0.454 e. The molecule has 0 saturated carbocycles. The van der Waals surface area contributed by atoms with Crippen molar-refractivity contribution in [3.63, 3.8) is 0 Å². The quantitative estimate of drug-likeness (QED) is 0.629. The van der Waals surface area contributed by atoms with Gasteiger partial charge in [-0.1, -0.05) is 35.9 Å². The first-order chi connectivity index (χ1) is 12.9. The van der Waals surface area contributed by atoms with Crippen LogP contribution in [0.15, 0.2) is 48.5 Å². The van der Waals surface area contributed by atoms with Gasteiger partial charge in [-0.3, -0.25) is 19.3 Å². The molecule has 1 N–H and O–H groups in total. The van der Waals surface area contributed by atoms with E-state index in [1.807, 2.05) is 0 Å². The molecule has 27 heavy (non-hydrogen) atoms. The number of hydrogen-bond donors (Lipinski definition) is 1. The van der Waals surface area contributed by atoms with E-state index in [0.717, 1.165) is 4.90 Å². The lowest BCUT2D eigenvalue weighted by Crippen LogP contribution is -2.44. The van der Waals surface area contributed by atoms with Crippen LogP contribution in [0.5, 0.6) is 0 Å². The van der Waals surface area contributed by atoms with E-state index in [2.05, 4.69) is 5.32 Å². The summed E-state index contributed by atoms with van der Waals surface area (Å²) in [5, 5.41) is 2.85. The van der Waals surface area contributed by atoms with Crippen molar-refractivity contribution in [2.24, 2.45) is 0 Å². The molecule has 0 unspecified atom stereocenters. The van der Waals surface area contributed by atoms with E-state index in [4.69, 9.17) is 16.3 Å². The van der Waals surface area contributed by atoms with Crippen LogP contribution >= 0.6 is 11.6 Å². The Morgan fingerprint density at radius 2 is 1.59 bits per heavy atom. The number of imide groups is 1. The van der Waals surface area contributed by atoms with Crippen molar-refractivity contribution in [3.05, 3.63) is 64.7 Å². The molecule has 0 spiro atoms. The zero-order valence-electron chi connectivity index (χ0n) is 14.3. The topological polar surface area (TPSA) is 92.8 Å². The molecule has 0 saturated heterocycles. The van der Waals surface area contributed by atoms with E-state index in [-0.39, 0.29) is 11.1 Å². The molecule has 3 amide bonds. The van der Waals surface area contributed by atoms with Gasteiger partial charge in [-0.05, 0) is 31.2 Å². The first-order valence-electron chi connectivity index (χ1n) is 8.08. The number of rotatable bonds is 5. The number of carbonyl (C=O) groups excluding carboxylic acids is 4. The fourth-order valence-corrected chi connectivity index (χ4v) is 2.85. The molecule has 2 aromatic rings. The fraction of sp³-hybridized carbons (Fsp3) is 0.158. The van der Waals surface area contributed by atoms with Crippen molar-refractivity contribution >= 4 is 41.0 Å². The number of halogens is 1. The Labute approximate surface area is 159 Å². The van der Waals surface area contributed by atoms with Gasteiger partial charge in [0.25, 0.3) is 17.7 Å². The zero-order valence-corrected chi connectivity index (χ0v) is 15.0. The summed E-state index contributed by atoms with van der Waals surface area (Å²) in [5.41, 5.74) is 0.853.